The lowest BCUT2D eigenvalue weighted by molar-refractivity contribution is -0.130. The van der Waals surface area contributed by atoms with Crippen molar-refractivity contribution in [1.82, 2.24) is 0 Å². The number of carbonyl (C=O) groups is 1. The van der Waals surface area contributed by atoms with E-state index in [0.29, 0.717) is 17.7 Å². The van der Waals surface area contributed by atoms with Crippen LogP contribution < -0.4 is 10.2 Å². The van der Waals surface area contributed by atoms with Gasteiger partial charge in [0.1, 0.15) is 0 Å². The molecule has 25 heavy (non-hydrogen) atoms. The van der Waals surface area contributed by atoms with Crippen molar-refractivity contribution >= 4 is 38.8 Å². The summed E-state index contributed by atoms with van der Waals surface area (Å²) in [6.45, 7) is 3.87. The molecule has 0 saturated heterocycles. The van der Waals surface area contributed by atoms with E-state index in [2.05, 4.69) is 21.2 Å². The Bertz CT molecular complexity index is 813. The minimum absolute atomic E-state index is 0.302. The molecule has 0 aliphatic rings. The molecule has 0 aliphatic heterocycles. The highest BCUT2D eigenvalue weighted by Gasteiger charge is 2.19. The van der Waals surface area contributed by atoms with E-state index >= 15 is 0 Å². The second-order valence-corrected chi connectivity index (χ2v) is 6.85. The molecule has 132 valence electrons. The molecule has 5 heteroatoms. The summed E-state index contributed by atoms with van der Waals surface area (Å²) in [5.74, 6) is -0.936. The Morgan fingerprint density at radius 1 is 1.20 bits per heavy atom. The lowest BCUT2D eigenvalue weighted by atomic mass is 9.97. The van der Waals surface area contributed by atoms with Crippen LogP contribution in [0.4, 0.5) is 11.4 Å². The minimum Gasteiger partial charge on any atom is -0.478 e. The SMILES string of the molecule is CCC(Nc1cccc(N(C)C)c1)=C(C(=O)O)c1cccc(Br)c1C. The summed E-state index contributed by atoms with van der Waals surface area (Å²) in [4.78, 5) is 14.0. The summed E-state index contributed by atoms with van der Waals surface area (Å²) < 4.78 is 0.897. The molecule has 4 nitrogen and oxygen atoms in total. The van der Waals surface area contributed by atoms with Crippen molar-refractivity contribution < 1.29 is 9.90 Å². The van der Waals surface area contributed by atoms with Gasteiger partial charge in [0.2, 0.25) is 0 Å². The maximum atomic E-state index is 12.0. The molecule has 0 bridgehead atoms. The average Bonchev–Trinajstić information content (AvgIpc) is 2.57. The van der Waals surface area contributed by atoms with E-state index in [-0.39, 0.29) is 0 Å². The van der Waals surface area contributed by atoms with Crippen molar-refractivity contribution in [3.05, 3.63) is 63.8 Å². The number of nitrogens with one attached hydrogen (secondary N) is 1. The molecule has 0 saturated carbocycles. The number of benzene rings is 2. The Balaban J connectivity index is 2.54. The Morgan fingerprint density at radius 2 is 1.88 bits per heavy atom. The highest BCUT2D eigenvalue weighted by Crippen LogP contribution is 2.30. The summed E-state index contributed by atoms with van der Waals surface area (Å²) in [5.41, 5.74) is 4.54. The minimum atomic E-state index is -0.936. The summed E-state index contributed by atoms with van der Waals surface area (Å²) in [5, 5.41) is 13.2. The number of halogens is 1. The summed E-state index contributed by atoms with van der Waals surface area (Å²) in [6, 6.07) is 13.5. The topological polar surface area (TPSA) is 52.6 Å². The fourth-order valence-corrected chi connectivity index (χ4v) is 3.02. The van der Waals surface area contributed by atoms with Crippen molar-refractivity contribution in [2.45, 2.75) is 20.3 Å². The second kappa shape index (κ2) is 8.21. The fourth-order valence-electron chi connectivity index (χ4n) is 2.65. The molecule has 0 radical (unpaired) electrons. The van der Waals surface area contributed by atoms with Gasteiger partial charge in [-0.15, -0.1) is 0 Å². The molecule has 0 spiro atoms. The Kier molecular flexibility index (Phi) is 6.26. The lowest BCUT2D eigenvalue weighted by Crippen LogP contribution is -2.12. The molecule has 2 aromatic carbocycles. The highest BCUT2D eigenvalue weighted by molar-refractivity contribution is 9.10. The van der Waals surface area contributed by atoms with Crippen LogP contribution in [0.1, 0.15) is 24.5 Å². The van der Waals surface area contributed by atoms with E-state index in [4.69, 9.17) is 0 Å². The van der Waals surface area contributed by atoms with Gasteiger partial charge in [-0.3, -0.25) is 0 Å². The molecule has 0 amide bonds. The molecule has 0 fully saturated rings. The first kappa shape index (κ1) is 19.1. The van der Waals surface area contributed by atoms with Gasteiger partial charge in [-0.1, -0.05) is 41.1 Å². The van der Waals surface area contributed by atoms with Crippen molar-refractivity contribution in [3.63, 3.8) is 0 Å². The van der Waals surface area contributed by atoms with Crippen LogP contribution >= 0.6 is 15.9 Å². The maximum absolute atomic E-state index is 12.0. The van der Waals surface area contributed by atoms with Crippen LogP contribution in [0.25, 0.3) is 5.57 Å². The largest absolute Gasteiger partial charge is 0.478 e. The van der Waals surface area contributed by atoms with Crippen LogP contribution in [-0.2, 0) is 4.79 Å². The molecule has 2 rings (SSSR count). The molecule has 0 aromatic heterocycles. The van der Waals surface area contributed by atoms with Crippen LogP contribution in [0.15, 0.2) is 52.6 Å². The number of rotatable bonds is 6. The van der Waals surface area contributed by atoms with Gasteiger partial charge in [0.25, 0.3) is 0 Å². The first-order chi connectivity index (χ1) is 11.8. The number of allylic oxidation sites excluding steroid dienone is 1. The molecule has 0 unspecified atom stereocenters. The smallest absolute Gasteiger partial charge is 0.338 e. The summed E-state index contributed by atoms with van der Waals surface area (Å²) in [7, 11) is 3.95. The van der Waals surface area contributed by atoms with Gasteiger partial charge in [0.05, 0.1) is 5.57 Å². The zero-order chi connectivity index (χ0) is 18.6. The van der Waals surface area contributed by atoms with Gasteiger partial charge < -0.3 is 15.3 Å². The first-order valence-electron chi connectivity index (χ1n) is 8.11. The van der Waals surface area contributed by atoms with Crippen molar-refractivity contribution in [1.29, 1.82) is 0 Å². The standard InChI is InChI=1S/C20H23BrN2O2/c1-5-18(22-14-8-6-9-15(12-14)23(3)4)19(20(24)25)16-10-7-11-17(21)13(16)2/h6-12,22H,5H2,1-4H3,(H,24,25). The maximum Gasteiger partial charge on any atom is 0.338 e. The zero-order valence-electron chi connectivity index (χ0n) is 14.9. The molecule has 2 aromatic rings. The third-order valence-corrected chi connectivity index (χ3v) is 4.92. The number of aliphatic carboxylic acids is 1. The number of anilines is 2. The van der Waals surface area contributed by atoms with E-state index < -0.39 is 5.97 Å². The number of carboxylic acid groups (broad SMARTS) is 1. The van der Waals surface area contributed by atoms with Gasteiger partial charge >= 0.3 is 5.97 Å². The highest BCUT2D eigenvalue weighted by atomic mass is 79.9. The van der Waals surface area contributed by atoms with E-state index in [0.717, 1.165) is 27.0 Å². The third-order valence-electron chi connectivity index (χ3n) is 4.06. The van der Waals surface area contributed by atoms with Crippen molar-refractivity contribution in [2.75, 3.05) is 24.3 Å². The van der Waals surface area contributed by atoms with Gasteiger partial charge in [0, 0.05) is 35.6 Å². The Labute approximate surface area is 157 Å². The van der Waals surface area contributed by atoms with Crippen molar-refractivity contribution in [3.8, 4) is 0 Å². The number of hydrogen-bond acceptors (Lipinski definition) is 3. The van der Waals surface area contributed by atoms with E-state index in [9.17, 15) is 9.90 Å². The van der Waals surface area contributed by atoms with Crippen molar-refractivity contribution in [2.24, 2.45) is 0 Å². The van der Waals surface area contributed by atoms with Crippen LogP contribution in [0, 0.1) is 6.92 Å². The molecule has 2 N–H and O–H groups in total. The lowest BCUT2D eigenvalue weighted by Gasteiger charge is -2.18. The predicted octanol–water partition coefficient (Wildman–Crippen LogP) is 5.14. The normalized spacial score (nSPS) is 11.7. The Hall–Kier alpha value is -2.27. The molecule has 0 aliphatic carbocycles. The molecule has 0 heterocycles. The quantitative estimate of drug-likeness (QED) is 0.656. The molecular weight excluding hydrogens is 380 g/mol. The Morgan fingerprint density at radius 3 is 2.48 bits per heavy atom. The molecular formula is C20H23BrN2O2. The van der Waals surface area contributed by atoms with Gasteiger partial charge in [-0.25, -0.2) is 4.79 Å². The van der Waals surface area contributed by atoms with Gasteiger partial charge in [-0.05, 0) is 48.7 Å². The van der Waals surface area contributed by atoms with Gasteiger partial charge in [-0.2, -0.15) is 0 Å². The predicted molar refractivity (Wildman–Crippen MR) is 108 cm³/mol. The number of carboxylic acids is 1. The monoisotopic (exact) mass is 402 g/mol. The zero-order valence-corrected chi connectivity index (χ0v) is 16.5. The third kappa shape index (κ3) is 4.42. The van der Waals surface area contributed by atoms with E-state index in [1.807, 2.05) is 75.3 Å². The number of nitrogens with zero attached hydrogens (tertiary/aromatic N) is 1. The van der Waals surface area contributed by atoms with Crippen LogP contribution in [0.5, 0.6) is 0 Å². The average molecular weight is 403 g/mol. The van der Waals surface area contributed by atoms with Crippen LogP contribution in [-0.4, -0.2) is 25.2 Å². The second-order valence-electron chi connectivity index (χ2n) is 5.99. The van der Waals surface area contributed by atoms with Crippen LogP contribution in [0.2, 0.25) is 0 Å². The van der Waals surface area contributed by atoms with Gasteiger partial charge in [0.15, 0.2) is 0 Å². The summed E-state index contributed by atoms with van der Waals surface area (Å²) >= 11 is 3.49. The fraction of sp³-hybridized carbons (Fsp3) is 0.250. The van der Waals surface area contributed by atoms with Crippen LogP contribution in [0.3, 0.4) is 0 Å². The number of hydrogen-bond donors (Lipinski definition) is 2. The summed E-state index contributed by atoms with van der Waals surface area (Å²) in [6.07, 6.45) is 0.583. The molecule has 0 atom stereocenters. The van der Waals surface area contributed by atoms with E-state index in [1.54, 1.807) is 0 Å². The first-order valence-corrected chi connectivity index (χ1v) is 8.90. The van der Waals surface area contributed by atoms with E-state index in [1.165, 1.54) is 0 Å².